The van der Waals surface area contributed by atoms with Crippen LogP contribution < -0.4 is 31.9 Å². The van der Waals surface area contributed by atoms with Gasteiger partial charge in [0.1, 0.15) is 0 Å². The van der Waals surface area contributed by atoms with E-state index in [-0.39, 0.29) is 33.8 Å². The Kier molecular flexibility index (Phi) is 5.03. The zero-order chi connectivity index (χ0) is 11.3. The summed E-state index contributed by atoms with van der Waals surface area (Å²) in [5, 5.41) is 8.87. The van der Waals surface area contributed by atoms with Gasteiger partial charge < -0.3 is 0 Å². The van der Waals surface area contributed by atoms with Crippen molar-refractivity contribution in [3.8, 4) is 5.88 Å². The van der Waals surface area contributed by atoms with Crippen LogP contribution in [0.4, 0.5) is 0 Å². The number of hydrogen-bond acceptors (Lipinski definition) is 4. The van der Waals surface area contributed by atoms with E-state index in [1.165, 1.54) is 7.11 Å². The Morgan fingerprint density at radius 2 is 2.40 bits per heavy atom. The molecule has 0 unspecified atom stereocenters. The first-order valence-corrected chi connectivity index (χ1v) is 7.09. The molecule has 0 amide bonds. The molecule has 1 aromatic heterocycles. The summed E-state index contributed by atoms with van der Waals surface area (Å²) in [5.41, 5.74) is 0.524. The molecule has 1 N–H and O–H groups in total. The number of nitrogens with zero attached hydrogens (tertiary/aromatic N) is 2. The summed E-state index contributed by atoms with van der Waals surface area (Å²) >= 11 is -0.334. The fourth-order valence-electron chi connectivity index (χ4n) is 1.14. The standard InChI is InChI=1S/C9H14IN2O3/c1-3-10-12-6-7(4-5-13)8(15-2)11-9(12)14/h6,13H,3-5H2,1-2H3/q-1. The molecule has 1 aromatic rings. The number of aromatic nitrogens is 2. The van der Waals surface area contributed by atoms with Crippen LogP contribution in [0.5, 0.6) is 5.88 Å². The van der Waals surface area contributed by atoms with Crippen LogP contribution >= 0.6 is 0 Å². The van der Waals surface area contributed by atoms with Gasteiger partial charge in [-0.25, -0.2) is 0 Å². The maximum atomic E-state index is 11.5. The van der Waals surface area contributed by atoms with Crippen LogP contribution in [0.2, 0.25) is 0 Å². The van der Waals surface area contributed by atoms with Gasteiger partial charge >= 0.3 is 98.7 Å². The Morgan fingerprint density at radius 3 is 2.93 bits per heavy atom. The average molecular weight is 325 g/mol. The summed E-state index contributed by atoms with van der Waals surface area (Å²) in [6.07, 6.45) is 2.21. The molecular weight excluding hydrogens is 311 g/mol. The minimum absolute atomic E-state index is 0.0285. The normalized spacial score (nSPS) is 10.6. The zero-order valence-corrected chi connectivity index (χ0v) is 10.9. The molecule has 0 aliphatic heterocycles. The number of alkyl halides is 1. The van der Waals surface area contributed by atoms with Crippen LogP contribution in [-0.2, 0) is 6.42 Å². The zero-order valence-electron chi connectivity index (χ0n) is 8.73. The number of halogens is 1. The van der Waals surface area contributed by atoms with E-state index < -0.39 is 0 Å². The third-order valence-electron chi connectivity index (χ3n) is 1.75. The first-order chi connectivity index (χ1) is 7.22. The van der Waals surface area contributed by atoms with Crippen molar-refractivity contribution in [3.05, 3.63) is 22.2 Å². The van der Waals surface area contributed by atoms with Crippen molar-refractivity contribution in [3.63, 3.8) is 0 Å². The molecule has 0 saturated heterocycles. The fraction of sp³-hybridized carbons (Fsp3) is 0.556. The van der Waals surface area contributed by atoms with Crippen LogP contribution in [0, 0.1) is 0 Å². The molecule has 5 nitrogen and oxygen atoms in total. The Bertz CT molecular complexity index is 378. The third kappa shape index (κ3) is 3.16. The monoisotopic (exact) mass is 325 g/mol. The Morgan fingerprint density at radius 1 is 1.67 bits per heavy atom. The molecule has 1 rings (SSSR count). The minimum atomic E-state index is -0.334. The van der Waals surface area contributed by atoms with Crippen LogP contribution in [0.3, 0.4) is 0 Å². The molecule has 0 radical (unpaired) electrons. The second-order valence-corrected chi connectivity index (χ2v) is 5.98. The van der Waals surface area contributed by atoms with Crippen molar-refractivity contribution >= 4 is 0 Å². The van der Waals surface area contributed by atoms with E-state index >= 15 is 0 Å². The molecule has 0 aliphatic carbocycles. The van der Waals surface area contributed by atoms with Gasteiger partial charge in [-0.3, -0.25) is 0 Å². The van der Waals surface area contributed by atoms with E-state index in [9.17, 15) is 4.79 Å². The van der Waals surface area contributed by atoms with E-state index in [4.69, 9.17) is 9.84 Å². The number of aliphatic hydroxyl groups excluding tert-OH is 1. The molecule has 0 spiro atoms. The predicted octanol–water partition coefficient (Wildman–Crippen LogP) is -3.34. The maximum absolute atomic E-state index is 11.5. The second kappa shape index (κ2) is 6.06. The van der Waals surface area contributed by atoms with Gasteiger partial charge in [0.25, 0.3) is 0 Å². The molecule has 0 aliphatic rings. The topological polar surface area (TPSA) is 64.3 Å². The second-order valence-electron chi connectivity index (χ2n) is 2.73. The predicted molar refractivity (Wildman–Crippen MR) is 51.8 cm³/mol. The first-order valence-electron chi connectivity index (χ1n) is 4.60. The molecule has 1 heterocycles. The van der Waals surface area contributed by atoms with Gasteiger partial charge in [0.05, 0.1) is 0 Å². The van der Waals surface area contributed by atoms with Crippen molar-refractivity contribution in [2.75, 3.05) is 18.1 Å². The number of ether oxygens (including phenoxy) is 1. The van der Waals surface area contributed by atoms with Crippen LogP contribution in [0.1, 0.15) is 12.5 Å². The van der Waals surface area contributed by atoms with Gasteiger partial charge in [0.2, 0.25) is 0 Å². The van der Waals surface area contributed by atoms with Crippen LogP contribution in [0.25, 0.3) is 0 Å². The number of rotatable bonds is 5. The fourth-order valence-corrected chi connectivity index (χ4v) is 2.80. The van der Waals surface area contributed by atoms with E-state index in [2.05, 4.69) is 4.98 Å². The van der Waals surface area contributed by atoms with Crippen molar-refractivity contribution in [1.29, 1.82) is 0 Å². The molecule has 0 aromatic carbocycles. The summed E-state index contributed by atoms with van der Waals surface area (Å²) in [5.74, 6) is 0.324. The van der Waals surface area contributed by atoms with Crippen molar-refractivity contribution in [1.82, 2.24) is 7.76 Å². The number of aliphatic hydroxyl groups is 1. The summed E-state index contributed by atoms with van der Waals surface area (Å²) in [6, 6.07) is 0. The SMILES string of the molecule is CC[I-]n1cc(CCO)c(OC)nc1=O. The molecule has 0 bridgehead atoms. The van der Waals surface area contributed by atoms with E-state index in [1.54, 1.807) is 8.98 Å². The van der Waals surface area contributed by atoms with Crippen molar-refractivity contribution < 1.29 is 31.3 Å². The van der Waals surface area contributed by atoms with Gasteiger partial charge in [-0.1, -0.05) is 0 Å². The van der Waals surface area contributed by atoms with Crippen LogP contribution in [-0.4, -0.2) is 31.0 Å². The van der Waals surface area contributed by atoms with Gasteiger partial charge in [-0.2, -0.15) is 0 Å². The summed E-state index contributed by atoms with van der Waals surface area (Å²) in [7, 11) is 1.47. The Balaban J connectivity index is 3.11. The van der Waals surface area contributed by atoms with E-state index in [0.29, 0.717) is 12.3 Å². The van der Waals surface area contributed by atoms with E-state index in [0.717, 1.165) is 9.99 Å². The molecule has 0 saturated carbocycles. The average Bonchev–Trinajstić information content (AvgIpc) is 2.23. The third-order valence-corrected chi connectivity index (χ3v) is 3.86. The van der Waals surface area contributed by atoms with Gasteiger partial charge in [-0.15, -0.1) is 0 Å². The van der Waals surface area contributed by atoms with E-state index in [1.807, 2.05) is 6.92 Å². The molecule has 0 fully saturated rings. The summed E-state index contributed by atoms with van der Waals surface area (Å²) in [4.78, 5) is 15.3. The molecule has 86 valence electrons. The summed E-state index contributed by atoms with van der Waals surface area (Å²) in [6.45, 7) is 2.07. The Hall–Kier alpha value is -0.630. The van der Waals surface area contributed by atoms with Crippen LogP contribution in [0.15, 0.2) is 11.0 Å². The quantitative estimate of drug-likeness (QED) is 0.454. The summed E-state index contributed by atoms with van der Waals surface area (Å²) < 4.78 is 7.61. The van der Waals surface area contributed by atoms with Crippen molar-refractivity contribution in [2.24, 2.45) is 0 Å². The van der Waals surface area contributed by atoms with Gasteiger partial charge in [0, 0.05) is 0 Å². The van der Waals surface area contributed by atoms with Gasteiger partial charge in [-0.05, 0) is 0 Å². The number of hydrogen-bond donors (Lipinski definition) is 1. The number of methoxy groups -OCH3 is 1. The molecule has 15 heavy (non-hydrogen) atoms. The Labute approximate surface area is 98.7 Å². The molecule has 6 heteroatoms. The first kappa shape index (κ1) is 12.4. The van der Waals surface area contributed by atoms with Gasteiger partial charge in [0.15, 0.2) is 0 Å². The van der Waals surface area contributed by atoms with Crippen molar-refractivity contribution in [2.45, 2.75) is 13.3 Å². The molecular formula is C9H14IN2O3-. The molecule has 0 atom stereocenters.